The first-order valence-corrected chi connectivity index (χ1v) is 41.4. The number of hydrogen-bond acceptors (Lipinski definition) is 10. The van der Waals surface area contributed by atoms with Crippen LogP contribution in [0.2, 0.25) is 0 Å². The molecule has 0 N–H and O–H groups in total. The third-order valence-electron chi connectivity index (χ3n) is 28.9. The Morgan fingerprint density at radius 2 is 0.935 bits per heavy atom. The van der Waals surface area contributed by atoms with Crippen LogP contribution in [0.4, 0.5) is 45.8 Å². The fraction of sp³-hybridized carbons (Fsp3) is 0.541. The highest BCUT2D eigenvalue weighted by Crippen LogP contribution is 2.70. The smallest absolute Gasteiger partial charge is 0.227 e. The summed E-state index contributed by atoms with van der Waals surface area (Å²) >= 11 is 0. The number of pyridine rings is 1. The molecule has 10 nitrogen and oxygen atoms in total. The van der Waals surface area contributed by atoms with Gasteiger partial charge in [0.15, 0.2) is 17.2 Å². The Morgan fingerprint density at radius 1 is 0.463 bits per heavy atom. The Kier molecular flexibility index (Phi) is 19.1. The van der Waals surface area contributed by atoms with Gasteiger partial charge in [0.25, 0.3) is 0 Å². The number of aromatic nitrogens is 3. The van der Waals surface area contributed by atoms with Gasteiger partial charge in [0.1, 0.15) is 6.17 Å². The maximum atomic E-state index is 8.75. The van der Waals surface area contributed by atoms with Gasteiger partial charge in [-0.2, -0.15) is 0 Å². The van der Waals surface area contributed by atoms with Gasteiger partial charge in [-0.1, -0.05) is 150 Å². The molecule has 6 aromatic carbocycles. The summed E-state index contributed by atoms with van der Waals surface area (Å²) < 4.78 is 38.9. The first kappa shape index (κ1) is 71.7. The minimum atomic E-state index is -2.56. The Balaban J connectivity index is 0.000000119. The van der Waals surface area contributed by atoms with Crippen molar-refractivity contribution in [1.29, 1.82) is 0 Å². The number of anilines is 8. The molecule has 3 aromatic heterocycles. The van der Waals surface area contributed by atoms with Crippen LogP contribution in [0.25, 0.3) is 22.1 Å². The number of rotatable bonds is 6. The highest BCUT2D eigenvalue weighted by Gasteiger charge is 2.66. The van der Waals surface area contributed by atoms with Crippen LogP contribution in [0.15, 0.2) is 162 Å². The Morgan fingerprint density at radius 3 is 1.46 bits per heavy atom. The van der Waals surface area contributed by atoms with Crippen LogP contribution in [0.1, 0.15) is 246 Å². The van der Waals surface area contributed by atoms with Gasteiger partial charge in [-0.05, 0) is 311 Å². The minimum absolute atomic E-state index is 0.179. The fourth-order valence-electron chi connectivity index (χ4n) is 24.1. The summed E-state index contributed by atoms with van der Waals surface area (Å²) in [5.74, 6) is 4.98. The molecule has 5 aliphatic heterocycles. The molecule has 9 aromatic rings. The third kappa shape index (κ3) is 13.3. The quantitative estimate of drug-likeness (QED) is 0.161. The summed E-state index contributed by atoms with van der Waals surface area (Å²) in [6.45, 7) is 47.3. The van der Waals surface area contributed by atoms with E-state index in [0.717, 1.165) is 51.4 Å². The number of aryl methyl sites for hydroxylation is 6. The van der Waals surface area contributed by atoms with E-state index in [-0.39, 0.29) is 22.0 Å². The summed E-state index contributed by atoms with van der Waals surface area (Å²) in [6.07, 6.45) is 21.4. The van der Waals surface area contributed by atoms with Crippen molar-refractivity contribution in [2.75, 3.05) is 29.4 Å². The maximum Gasteiger partial charge on any atom is 0.227 e. The van der Waals surface area contributed by atoms with Gasteiger partial charge in [0.2, 0.25) is 5.71 Å². The highest BCUT2D eigenvalue weighted by molar-refractivity contribution is 6.09. The topological polar surface area (TPSA) is 71.2 Å². The maximum absolute atomic E-state index is 8.75. The monoisotopic (exact) mass is 1450 g/mol. The summed E-state index contributed by atoms with van der Waals surface area (Å²) in [5.41, 5.74) is 20.3. The molecule has 8 fully saturated rings. The van der Waals surface area contributed by atoms with Gasteiger partial charge in [-0.15, -0.1) is 0 Å². The lowest BCUT2D eigenvalue weighted by Crippen LogP contribution is -2.57. The highest BCUT2D eigenvalue weighted by atomic mass is 16.3. The molecule has 6 unspecified atom stereocenters. The van der Waals surface area contributed by atoms with Crippen LogP contribution in [0.3, 0.4) is 0 Å². The molecule has 10 aliphatic rings. The van der Waals surface area contributed by atoms with Crippen LogP contribution in [0, 0.1) is 81.5 Å². The summed E-state index contributed by atoms with van der Waals surface area (Å²) in [6, 6.07) is 52.6. The lowest BCUT2D eigenvalue weighted by atomic mass is 9.43. The van der Waals surface area contributed by atoms with Gasteiger partial charge >= 0.3 is 0 Å². The van der Waals surface area contributed by atoms with Crippen molar-refractivity contribution in [2.45, 2.75) is 301 Å². The van der Waals surface area contributed by atoms with Crippen LogP contribution >= 0.6 is 0 Å². The van der Waals surface area contributed by atoms with E-state index in [9.17, 15) is 0 Å². The van der Waals surface area contributed by atoms with E-state index in [4.69, 9.17) is 9.90 Å². The van der Waals surface area contributed by atoms with Crippen molar-refractivity contribution >= 4 is 67.8 Å². The summed E-state index contributed by atoms with van der Waals surface area (Å²) in [7, 11) is 0. The molecule has 19 rings (SSSR count). The zero-order valence-corrected chi connectivity index (χ0v) is 69.8. The molecule has 8 heterocycles. The van der Waals surface area contributed by atoms with E-state index in [1.54, 1.807) is 12.6 Å². The Bertz CT molecular complexity index is 4880. The number of hydrogen-bond donors (Lipinski definition) is 0. The molecule has 10 heteroatoms. The average Bonchev–Trinajstić information content (AvgIpc) is 1.46. The molecule has 3 saturated heterocycles. The average molecular weight is 1460 g/mol. The number of furan rings is 1. The van der Waals surface area contributed by atoms with Crippen molar-refractivity contribution in [2.24, 2.45) is 39.9 Å². The Labute approximate surface area is 656 Å². The predicted octanol–water partition coefficient (Wildman–Crippen LogP) is 25.4. The van der Waals surface area contributed by atoms with E-state index in [1.165, 1.54) is 151 Å². The molecular formula is C98H131N9O. The second kappa shape index (κ2) is 28.8. The Hall–Kier alpha value is -7.85. The largest absolute Gasteiger partial charge is 0.435 e. The summed E-state index contributed by atoms with van der Waals surface area (Å²) in [4.78, 5) is 27.6. The van der Waals surface area contributed by atoms with Crippen molar-refractivity contribution < 1.29 is 9.90 Å². The van der Waals surface area contributed by atoms with Gasteiger partial charge in [-0.25, -0.2) is 15.0 Å². The van der Waals surface area contributed by atoms with Gasteiger partial charge < -0.3 is 28.9 Å². The van der Waals surface area contributed by atoms with Crippen molar-refractivity contribution in [3.05, 3.63) is 197 Å². The molecule has 5 saturated carbocycles. The lowest BCUT2D eigenvalue weighted by molar-refractivity contribution is -0.113. The van der Waals surface area contributed by atoms with Crippen molar-refractivity contribution in [3.63, 3.8) is 0 Å². The lowest BCUT2D eigenvalue weighted by Gasteiger charge is -2.62. The van der Waals surface area contributed by atoms with E-state index in [1.807, 2.05) is 49.9 Å². The van der Waals surface area contributed by atoms with Crippen molar-refractivity contribution in [1.82, 2.24) is 15.0 Å². The van der Waals surface area contributed by atoms with E-state index in [0.29, 0.717) is 63.3 Å². The zero-order chi connectivity index (χ0) is 80.5. The molecular weight excluding hydrogens is 1320 g/mol. The third-order valence-corrected chi connectivity index (χ3v) is 28.9. The normalized spacial score (nSPS) is 28.5. The van der Waals surface area contributed by atoms with Crippen LogP contribution in [-0.2, 0) is 5.41 Å². The zero-order valence-electron chi connectivity index (χ0n) is 73.8. The van der Waals surface area contributed by atoms with Crippen LogP contribution < -0.4 is 29.4 Å². The van der Waals surface area contributed by atoms with Gasteiger partial charge in [0.05, 0.1) is 7.06 Å². The molecule has 0 radical (unpaired) electrons. The van der Waals surface area contributed by atoms with Gasteiger partial charge in [-0.3, -0.25) is 4.90 Å². The fourth-order valence-corrected chi connectivity index (χ4v) is 24.1. The first-order chi connectivity index (χ1) is 52.7. The second-order valence-electron chi connectivity index (χ2n) is 38.0. The number of fused-ring (bicyclic) bond motifs is 5. The molecule has 5 aliphatic carbocycles. The molecule has 2 spiro atoms. The van der Waals surface area contributed by atoms with E-state index < -0.39 is 19.0 Å². The number of nitrogens with zero attached hydrogens (tertiary/aromatic N) is 9. The predicted molar refractivity (Wildman–Crippen MR) is 459 cm³/mol. The SMILES string of the molecule is Cc1ccccc1N1C(C)C(C)(C)CC1(C)C.Cc1ccccc1N1C(C)C2(CC1(C)C)C1CC3CC(C1)CC2C3.Cc1ccccc1N1C(C)C2(CCCCC2)CC1(C)C.Cc1ccccc1N1c2ccccc2C(C)(C)C1C.[2H]C([2H])([2H])C([2H])(C)N1c2nccnc2N(c2c(C)ccc3c2oc2nc(C)ccc23)C1C. The number of benzene rings is 6. The first-order valence-electron chi connectivity index (χ1n) is 43.4. The molecule has 6 atom stereocenters. The summed E-state index contributed by atoms with van der Waals surface area (Å²) in [5, 5.41) is 1.82. The standard InChI is InChI=1S/C23H33N.C22H23N5O.C19H29N.C18H21N.C16H25N/c1-15-7-5-6-8-21(15)24-16(2)23(14-22(24,3)4)19-10-17-9-18(12-19)13-20(23)11-17;1-12(2)26-15(5)27(21-20(26)23-10-11-24-21)18-13(3)6-8-16-17-9-7-14(4)25-22(17)28-19(16)18;1-15-10-6-7-11-17(15)20-16(2)19(14-18(20,3)4)12-8-5-9-13-19;1-13-9-5-7-11-16(13)19-14(2)18(3,4)15-10-6-8-12-17(15)19;1-12-9-7-8-10-14(12)17-13(2)15(3,4)11-16(17,5)6/h5-8,16-20H,9-14H2,1-4H3;6-12,15H,1-5H3;6-7,10-11,16H,5,8-9,12-14H2,1-4H3;5-12,14H,1-4H3;7-10,13H,11H2,1-6H3/i;1D3,12D;;;. The minimum Gasteiger partial charge on any atom is -0.435 e. The van der Waals surface area contributed by atoms with E-state index >= 15 is 0 Å². The van der Waals surface area contributed by atoms with Crippen LogP contribution in [0.5, 0.6) is 0 Å². The van der Waals surface area contributed by atoms with E-state index in [2.05, 4.69) is 281 Å². The van der Waals surface area contributed by atoms with Crippen molar-refractivity contribution in [3.8, 4) is 0 Å². The van der Waals surface area contributed by atoms with Crippen LogP contribution in [-0.4, -0.2) is 67.9 Å². The van der Waals surface area contributed by atoms with Gasteiger partial charge in [0, 0.05) is 114 Å². The molecule has 4 bridgehead atoms. The molecule has 0 amide bonds. The second-order valence-corrected chi connectivity index (χ2v) is 38.0. The molecule has 108 heavy (non-hydrogen) atoms. The number of para-hydroxylation sites is 5. The molecule has 574 valence electrons.